The second-order valence-electron chi connectivity index (χ2n) is 7.54. The highest BCUT2D eigenvalue weighted by atomic mass is 32.2. The van der Waals surface area contributed by atoms with Crippen molar-refractivity contribution in [3.63, 3.8) is 0 Å². The van der Waals surface area contributed by atoms with E-state index >= 15 is 0 Å². The van der Waals surface area contributed by atoms with Crippen molar-refractivity contribution in [3.8, 4) is 11.5 Å². The van der Waals surface area contributed by atoms with Crippen molar-refractivity contribution in [2.45, 2.75) is 102 Å². The van der Waals surface area contributed by atoms with Crippen LogP contribution in [0.5, 0.6) is 0 Å². The summed E-state index contributed by atoms with van der Waals surface area (Å²) in [6.45, 7) is 10.8. The molecule has 23 heavy (non-hydrogen) atoms. The summed E-state index contributed by atoms with van der Waals surface area (Å²) in [5, 5.41) is 0.247. The molecule has 1 unspecified atom stereocenters. The zero-order valence-electron chi connectivity index (χ0n) is 16.0. The van der Waals surface area contributed by atoms with Crippen LogP contribution < -0.4 is 5.73 Å². The fourth-order valence-corrected chi connectivity index (χ4v) is 3.87. The van der Waals surface area contributed by atoms with Crippen LogP contribution >= 0.6 is 11.8 Å². The van der Waals surface area contributed by atoms with Crippen LogP contribution in [0.15, 0.2) is 0 Å². The summed E-state index contributed by atoms with van der Waals surface area (Å²) in [5.74, 6) is 4.58. The van der Waals surface area contributed by atoms with Crippen LogP contribution in [0.25, 0.3) is 0 Å². The maximum Gasteiger partial charge on any atom is 0.129 e. The standard InChI is InChI=1S/C20H40NSSi/c1-5-20(21)22-18-16-14-12-10-8-6-7-9-11-13-15-17-19-23(2,3)4/h20H,1,5-16,18,21H2,2-4H3. The maximum absolute atomic E-state index is 5.83. The highest BCUT2D eigenvalue weighted by Gasteiger charge is 2.06. The molecular formula is C20H40NSSi. The van der Waals surface area contributed by atoms with Gasteiger partial charge in [-0.3, -0.25) is 0 Å². The first kappa shape index (κ1) is 23.1. The Morgan fingerprint density at radius 1 is 0.870 bits per heavy atom. The van der Waals surface area contributed by atoms with E-state index in [1.807, 2.05) is 11.8 Å². The van der Waals surface area contributed by atoms with E-state index in [2.05, 4.69) is 38.0 Å². The van der Waals surface area contributed by atoms with Crippen LogP contribution in [0.4, 0.5) is 0 Å². The summed E-state index contributed by atoms with van der Waals surface area (Å²) >= 11 is 1.87. The minimum absolute atomic E-state index is 0.247. The predicted octanol–water partition coefficient (Wildman–Crippen LogP) is 6.40. The Kier molecular flexibility index (Phi) is 15.7. The van der Waals surface area contributed by atoms with E-state index in [1.54, 1.807) is 0 Å². The molecule has 0 aromatic carbocycles. The highest BCUT2D eigenvalue weighted by Crippen LogP contribution is 2.14. The monoisotopic (exact) mass is 354 g/mol. The normalized spacial score (nSPS) is 12.7. The molecular weight excluding hydrogens is 314 g/mol. The second-order valence-corrected chi connectivity index (χ2v) is 13.6. The van der Waals surface area contributed by atoms with E-state index < -0.39 is 8.07 Å². The number of unbranched alkanes of at least 4 members (excludes halogenated alkanes) is 10. The van der Waals surface area contributed by atoms with Gasteiger partial charge in [-0.05, 0) is 25.0 Å². The van der Waals surface area contributed by atoms with Crippen molar-refractivity contribution in [1.82, 2.24) is 0 Å². The molecule has 0 spiro atoms. The van der Waals surface area contributed by atoms with Crippen molar-refractivity contribution in [3.05, 3.63) is 6.92 Å². The Bertz CT molecular complexity index is 314. The number of hydrogen-bond donors (Lipinski definition) is 1. The number of nitrogens with two attached hydrogens (primary N) is 1. The average Bonchev–Trinajstić information content (AvgIpc) is 2.49. The van der Waals surface area contributed by atoms with Gasteiger partial charge in [0.1, 0.15) is 8.07 Å². The summed E-state index contributed by atoms with van der Waals surface area (Å²) < 4.78 is 0. The van der Waals surface area contributed by atoms with Crippen molar-refractivity contribution in [2.24, 2.45) is 5.73 Å². The molecule has 0 aliphatic carbocycles. The van der Waals surface area contributed by atoms with Crippen molar-refractivity contribution in [1.29, 1.82) is 0 Å². The fourth-order valence-electron chi connectivity index (χ4n) is 2.38. The lowest BCUT2D eigenvalue weighted by atomic mass is 10.1. The molecule has 1 atom stereocenters. The molecule has 2 N–H and O–H groups in total. The topological polar surface area (TPSA) is 26.0 Å². The van der Waals surface area contributed by atoms with Crippen molar-refractivity contribution < 1.29 is 0 Å². The molecule has 0 aromatic heterocycles. The maximum atomic E-state index is 5.83. The van der Waals surface area contributed by atoms with E-state index in [-0.39, 0.29) is 5.37 Å². The molecule has 3 heteroatoms. The molecule has 0 aliphatic rings. The lowest BCUT2D eigenvalue weighted by Crippen LogP contribution is -2.16. The van der Waals surface area contributed by atoms with E-state index in [1.165, 1.54) is 70.0 Å². The van der Waals surface area contributed by atoms with Crippen LogP contribution in [0.1, 0.15) is 77.0 Å². The first-order valence-corrected chi connectivity index (χ1v) is 14.2. The highest BCUT2D eigenvalue weighted by molar-refractivity contribution is 7.99. The predicted molar refractivity (Wildman–Crippen MR) is 112 cm³/mol. The Balaban J connectivity index is 3.15. The first-order chi connectivity index (χ1) is 11.0. The van der Waals surface area contributed by atoms with E-state index in [4.69, 9.17) is 5.73 Å². The smallest absolute Gasteiger partial charge is 0.129 e. The molecule has 0 amide bonds. The van der Waals surface area contributed by atoms with Gasteiger partial charge in [0.15, 0.2) is 0 Å². The molecule has 0 aliphatic heterocycles. The van der Waals surface area contributed by atoms with Crippen molar-refractivity contribution in [2.75, 3.05) is 5.75 Å². The molecule has 0 bridgehead atoms. The SMILES string of the molecule is [CH2]CC(N)SCCCCCCCCCCCCC#C[Si](C)(C)C. The summed E-state index contributed by atoms with van der Waals surface area (Å²) in [5.41, 5.74) is 9.28. The zero-order valence-corrected chi connectivity index (χ0v) is 17.8. The number of thioether (sulfide) groups is 1. The molecule has 0 rings (SSSR count). The van der Waals surface area contributed by atoms with Gasteiger partial charge >= 0.3 is 0 Å². The second kappa shape index (κ2) is 15.6. The molecule has 0 saturated carbocycles. The average molecular weight is 355 g/mol. The largest absolute Gasteiger partial charge is 0.319 e. The van der Waals surface area contributed by atoms with Gasteiger partial charge in [-0.2, -0.15) is 0 Å². The Labute approximate surface area is 152 Å². The third-order valence-electron chi connectivity index (χ3n) is 3.78. The summed E-state index contributed by atoms with van der Waals surface area (Å²) in [6, 6.07) is 0. The third-order valence-corrected chi connectivity index (χ3v) is 5.89. The summed E-state index contributed by atoms with van der Waals surface area (Å²) in [7, 11) is -1.14. The van der Waals surface area contributed by atoms with E-state index in [9.17, 15) is 0 Å². The zero-order chi connectivity index (χ0) is 17.4. The molecule has 0 heterocycles. The van der Waals surface area contributed by atoms with Crippen LogP contribution in [0.2, 0.25) is 19.6 Å². The Morgan fingerprint density at radius 3 is 1.83 bits per heavy atom. The van der Waals surface area contributed by atoms with Gasteiger partial charge in [-0.1, -0.05) is 77.9 Å². The van der Waals surface area contributed by atoms with Crippen LogP contribution in [-0.4, -0.2) is 19.2 Å². The van der Waals surface area contributed by atoms with Crippen LogP contribution in [0, 0.1) is 18.4 Å². The van der Waals surface area contributed by atoms with Gasteiger partial charge in [-0.15, -0.1) is 23.2 Å². The third kappa shape index (κ3) is 20.0. The summed E-state index contributed by atoms with van der Waals surface area (Å²) in [6.07, 6.45) is 15.8. The minimum Gasteiger partial charge on any atom is -0.319 e. The molecule has 0 fully saturated rings. The molecule has 1 radical (unpaired) electrons. The number of hydrogen-bond acceptors (Lipinski definition) is 2. The summed E-state index contributed by atoms with van der Waals surface area (Å²) in [4.78, 5) is 0. The fraction of sp³-hybridized carbons (Fsp3) is 0.850. The van der Waals surface area contributed by atoms with Gasteiger partial charge in [0.25, 0.3) is 0 Å². The van der Waals surface area contributed by atoms with Crippen LogP contribution in [-0.2, 0) is 0 Å². The van der Waals surface area contributed by atoms with Crippen LogP contribution in [0.3, 0.4) is 0 Å². The van der Waals surface area contributed by atoms with E-state index in [0.29, 0.717) is 0 Å². The van der Waals surface area contributed by atoms with Crippen molar-refractivity contribution >= 4 is 19.8 Å². The Morgan fingerprint density at radius 2 is 1.35 bits per heavy atom. The van der Waals surface area contributed by atoms with Gasteiger partial charge in [0.05, 0.1) is 5.37 Å². The van der Waals surface area contributed by atoms with Gasteiger partial charge in [0, 0.05) is 6.42 Å². The Hall–Kier alpha value is 0.0869. The van der Waals surface area contributed by atoms with Gasteiger partial charge in [0.2, 0.25) is 0 Å². The molecule has 1 nitrogen and oxygen atoms in total. The quantitative estimate of drug-likeness (QED) is 0.169. The molecule has 135 valence electrons. The molecule has 0 aromatic rings. The van der Waals surface area contributed by atoms with E-state index in [0.717, 1.165) is 12.8 Å². The van der Waals surface area contributed by atoms with Gasteiger partial charge < -0.3 is 5.73 Å². The lowest BCUT2D eigenvalue weighted by molar-refractivity contribution is 0.559. The lowest BCUT2D eigenvalue weighted by Gasteiger charge is -2.07. The first-order valence-electron chi connectivity index (χ1n) is 9.62. The van der Waals surface area contributed by atoms with Gasteiger partial charge in [-0.25, -0.2) is 0 Å². The molecule has 0 saturated heterocycles. The number of rotatable bonds is 14. The minimum atomic E-state index is -1.14.